The van der Waals surface area contributed by atoms with E-state index in [9.17, 15) is 32.2 Å². The molecule has 2 saturated carbocycles. The fourth-order valence-corrected chi connectivity index (χ4v) is 9.16. The lowest BCUT2D eigenvalue weighted by Crippen LogP contribution is -2.47. The van der Waals surface area contributed by atoms with Crippen molar-refractivity contribution in [2.45, 2.75) is 108 Å². The zero-order chi connectivity index (χ0) is 30.7. The fraction of sp³-hybridized carbons (Fsp3) is 0.812. The smallest absolute Gasteiger partial charge is 0.453 e. The first kappa shape index (κ1) is 33.8. The van der Waals surface area contributed by atoms with Crippen molar-refractivity contribution in [1.82, 2.24) is 4.90 Å². The van der Waals surface area contributed by atoms with Crippen LogP contribution in [0.25, 0.3) is 0 Å². The quantitative estimate of drug-likeness (QED) is 0.161. The van der Waals surface area contributed by atoms with Gasteiger partial charge in [0, 0.05) is 12.5 Å². The van der Waals surface area contributed by atoms with Gasteiger partial charge in [-0.3, -0.25) is 0 Å². The third-order valence-corrected chi connectivity index (χ3v) is 11.7. The van der Waals surface area contributed by atoms with E-state index in [-0.39, 0.29) is 35.4 Å². The number of benzene rings is 1. The van der Waals surface area contributed by atoms with Crippen molar-refractivity contribution >= 4 is 11.8 Å². The maximum atomic E-state index is 15.1. The second-order valence-corrected chi connectivity index (χ2v) is 14.5. The Morgan fingerprint density at radius 3 is 2.43 bits per heavy atom. The Morgan fingerprint density at radius 1 is 0.976 bits per heavy atom. The van der Waals surface area contributed by atoms with Crippen LogP contribution in [-0.4, -0.2) is 65.0 Å². The second kappa shape index (κ2) is 13.9. The molecule has 42 heavy (non-hydrogen) atoms. The van der Waals surface area contributed by atoms with E-state index >= 15 is 4.39 Å². The van der Waals surface area contributed by atoms with Gasteiger partial charge in [0.05, 0.1) is 6.10 Å². The normalized spacial score (nSPS) is 29.4. The first-order valence-corrected chi connectivity index (χ1v) is 16.8. The van der Waals surface area contributed by atoms with Crippen molar-refractivity contribution < 1.29 is 36.6 Å². The van der Waals surface area contributed by atoms with Gasteiger partial charge < -0.3 is 15.1 Å². The van der Waals surface area contributed by atoms with Gasteiger partial charge in [-0.15, -0.1) is 0 Å². The number of thioether (sulfide) groups is 1. The predicted molar refractivity (Wildman–Crippen MR) is 156 cm³/mol. The maximum Gasteiger partial charge on any atom is 0.453 e. The van der Waals surface area contributed by atoms with Gasteiger partial charge in [-0.05, 0) is 136 Å². The van der Waals surface area contributed by atoms with Crippen LogP contribution in [-0.2, 0) is 6.42 Å². The van der Waals surface area contributed by atoms with Crippen LogP contribution in [0.4, 0.5) is 26.3 Å². The monoisotopic (exact) mass is 623 g/mol. The highest BCUT2D eigenvalue weighted by Crippen LogP contribution is 2.63. The number of phenolic OH excluding ortho intramolecular Hbond substituents is 1. The third kappa shape index (κ3) is 7.56. The molecule has 240 valence electrons. The zero-order valence-corrected chi connectivity index (χ0v) is 25.7. The summed E-state index contributed by atoms with van der Waals surface area (Å²) in [7, 11) is 2.05. The van der Waals surface area contributed by atoms with E-state index in [1.165, 1.54) is 17.8 Å². The Labute approximate surface area is 250 Å². The molecule has 1 aromatic rings. The van der Waals surface area contributed by atoms with E-state index < -0.39 is 18.5 Å². The summed E-state index contributed by atoms with van der Waals surface area (Å²) in [6, 6.07) is 3.01. The highest BCUT2D eigenvalue weighted by Gasteiger charge is 2.57. The molecule has 0 aliphatic heterocycles. The number of aromatic hydroxyl groups is 1. The van der Waals surface area contributed by atoms with Gasteiger partial charge in [0.2, 0.25) is 0 Å². The number of unbranched alkanes of at least 4 members (excludes halogenated alkanes) is 2. The van der Waals surface area contributed by atoms with E-state index in [2.05, 4.69) is 11.8 Å². The Hall–Kier alpha value is -1.13. The highest BCUT2D eigenvalue weighted by molar-refractivity contribution is 7.99. The lowest BCUT2D eigenvalue weighted by atomic mass is 9.52. The summed E-state index contributed by atoms with van der Waals surface area (Å²) in [6.07, 6.45) is 2.41. The second-order valence-electron chi connectivity index (χ2n) is 13.3. The van der Waals surface area contributed by atoms with Crippen LogP contribution in [0.1, 0.15) is 94.6 Å². The number of rotatable bonds is 14. The van der Waals surface area contributed by atoms with Crippen molar-refractivity contribution in [2.24, 2.45) is 23.2 Å². The number of hydrogen-bond donors (Lipinski definition) is 2. The number of nitrogens with zero attached hydrogens (tertiary/aromatic N) is 1. The Morgan fingerprint density at radius 2 is 1.69 bits per heavy atom. The molecule has 4 rings (SSSR count). The van der Waals surface area contributed by atoms with E-state index in [1.807, 2.05) is 7.05 Å². The summed E-state index contributed by atoms with van der Waals surface area (Å²) in [6.45, 7) is 4.02. The minimum atomic E-state index is -5.47. The first-order valence-electron chi connectivity index (χ1n) is 15.6. The topological polar surface area (TPSA) is 43.7 Å². The molecule has 1 aromatic carbocycles. The molecule has 10 heteroatoms. The number of alkyl halides is 5. The van der Waals surface area contributed by atoms with Gasteiger partial charge in [-0.2, -0.15) is 33.7 Å². The molecule has 6 atom stereocenters. The highest BCUT2D eigenvalue weighted by atomic mass is 32.2. The Bertz CT molecular complexity index is 1040. The molecule has 3 aliphatic rings. The van der Waals surface area contributed by atoms with E-state index in [0.717, 1.165) is 94.2 Å². The molecule has 0 aromatic heterocycles. The third-order valence-electron chi connectivity index (χ3n) is 10.5. The van der Waals surface area contributed by atoms with Crippen LogP contribution in [0.3, 0.4) is 0 Å². The number of hydrogen-bond acceptors (Lipinski definition) is 4. The molecule has 3 aliphatic carbocycles. The SMILES string of the molecule is CN(CCCCC[C@@H]1Cc2cc(O)cc(F)c2[C@H]2CC[C@]3(C)[C@@H](O)CC[C@H]3[C@H]12)CCCSCCCC(F)(F)C(F)(F)F. The Balaban J connectivity index is 1.19. The van der Waals surface area contributed by atoms with Gasteiger partial charge in [0.1, 0.15) is 11.6 Å². The molecular formula is C32H47F6NO2S. The predicted octanol–water partition coefficient (Wildman–Crippen LogP) is 8.57. The fourth-order valence-electron chi connectivity index (χ4n) is 8.27. The number of aliphatic hydroxyl groups excluding tert-OH is 1. The van der Waals surface area contributed by atoms with Gasteiger partial charge >= 0.3 is 12.1 Å². The first-order chi connectivity index (χ1) is 19.7. The molecule has 0 amide bonds. The average molecular weight is 624 g/mol. The lowest BCUT2D eigenvalue weighted by molar-refractivity contribution is -0.284. The molecule has 0 radical (unpaired) electrons. The molecule has 2 N–H and O–H groups in total. The molecule has 0 saturated heterocycles. The number of phenols is 1. The summed E-state index contributed by atoms with van der Waals surface area (Å²) in [4.78, 5) is 2.24. The summed E-state index contributed by atoms with van der Waals surface area (Å²) >= 11 is 1.42. The lowest BCUT2D eigenvalue weighted by Gasteiger charge is -2.53. The van der Waals surface area contributed by atoms with Crippen molar-refractivity contribution in [3.8, 4) is 5.75 Å². The summed E-state index contributed by atoms with van der Waals surface area (Å²) in [5.74, 6) is -2.57. The van der Waals surface area contributed by atoms with E-state index in [1.54, 1.807) is 6.07 Å². The van der Waals surface area contributed by atoms with Gasteiger partial charge in [-0.25, -0.2) is 4.39 Å². The minimum Gasteiger partial charge on any atom is -0.508 e. The summed E-state index contributed by atoms with van der Waals surface area (Å²) in [5.41, 5.74) is 1.66. The minimum absolute atomic E-state index is 0.00942. The van der Waals surface area contributed by atoms with E-state index in [4.69, 9.17) is 0 Å². The number of fused-ring (bicyclic) bond motifs is 5. The van der Waals surface area contributed by atoms with E-state index in [0.29, 0.717) is 23.5 Å². The number of aliphatic hydroxyl groups is 1. The van der Waals surface area contributed by atoms with Crippen LogP contribution in [0.15, 0.2) is 12.1 Å². The molecule has 2 fully saturated rings. The van der Waals surface area contributed by atoms with Crippen LogP contribution < -0.4 is 0 Å². The van der Waals surface area contributed by atoms with Crippen LogP contribution >= 0.6 is 11.8 Å². The standard InChI is InChI=1S/C32H47F6NO2S/c1-30-13-11-24-28(25(30)9-10-27(30)41)21(18-22-19-23(40)20-26(33)29(22)24)8-4-3-5-14-39(2)15-7-17-42-16-6-12-31(34,35)32(36,37)38/h19-21,24-25,27-28,40-41H,3-18H2,1-2H3/t21-,24+,25+,27+,28-,30+/m1/s1. The maximum absolute atomic E-state index is 15.1. The van der Waals surface area contributed by atoms with Crippen LogP contribution in [0.5, 0.6) is 5.75 Å². The van der Waals surface area contributed by atoms with Crippen molar-refractivity contribution in [1.29, 1.82) is 0 Å². The summed E-state index contributed by atoms with van der Waals surface area (Å²) < 4.78 is 77.7. The van der Waals surface area contributed by atoms with Crippen LogP contribution in [0, 0.1) is 29.0 Å². The van der Waals surface area contributed by atoms with Crippen molar-refractivity contribution in [2.75, 3.05) is 31.6 Å². The molecule has 3 nitrogen and oxygen atoms in total. The number of halogens is 6. The molecule has 0 unspecified atom stereocenters. The zero-order valence-electron chi connectivity index (χ0n) is 24.9. The molecule has 0 spiro atoms. The van der Waals surface area contributed by atoms with Crippen LogP contribution in [0.2, 0.25) is 0 Å². The average Bonchev–Trinajstić information content (AvgIpc) is 3.20. The molecule has 0 heterocycles. The van der Waals surface area contributed by atoms with Gasteiger partial charge in [-0.1, -0.05) is 19.8 Å². The summed E-state index contributed by atoms with van der Waals surface area (Å²) in [5, 5.41) is 20.9. The molecule has 0 bridgehead atoms. The Kier molecular flexibility index (Phi) is 11.2. The van der Waals surface area contributed by atoms with Crippen molar-refractivity contribution in [3.05, 3.63) is 29.1 Å². The molecular weight excluding hydrogens is 576 g/mol. The largest absolute Gasteiger partial charge is 0.508 e. The van der Waals surface area contributed by atoms with Crippen molar-refractivity contribution in [3.63, 3.8) is 0 Å². The van der Waals surface area contributed by atoms with Gasteiger partial charge in [0.25, 0.3) is 0 Å². The van der Waals surface area contributed by atoms with Gasteiger partial charge in [0.15, 0.2) is 0 Å².